The standard InChI is InChI=1S/C32H25NO.C19H16.C16H16/c1-3-10-30-26(32-22(2)11-9-16-31(32)34-30)19-17-23-18-20-29-27(21-23)25-14-7-8-15-28(25)33(29)24-12-5-4-6-13-24;1-15-7-9-17(10-8-15)19-13-11-18(12-14-19)16-5-3-2-4-6-16;1-11-7-6-10-14-15(11)12-8-4-5-9-13(12)16(14,2)3/h3-21H,1-2H3;2-14H,1H3;4-10H,1-3H3/b10-3-,19-17?;;. The minimum absolute atomic E-state index is 0.151. The van der Waals surface area contributed by atoms with Gasteiger partial charge in [0.1, 0.15) is 11.3 Å². The Bertz CT molecular complexity index is 3640. The quantitative estimate of drug-likeness (QED) is 0.163. The van der Waals surface area contributed by atoms with Crippen LogP contribution in [0.25, 0.3) is 90.1 Å². The van der Waals surface area contributed by atoms with Gasteiger partial charge in [0.25, 0.3) is 0 Å². The Morgan fingerprint density at radius 1 is 0.464 bits per heavy atom. The van der Waals surface area contributed by atoms with E-state index in [-0.39, 0.29) is 5.41 Å². The second-order valence-corrected chi connectivity index (χ2v) is 18.6. The lowest BCUT2D eigenvalue weighted by Crippen LogP contribution is -2.14. The molecule has 0 spiro atoms. The monoisotopic (exact) mass is 891 g/mol. The van der Waals surface area contributed by atoms with Crippen LogP contribution in [0.2, 0.25) is 0 Å². The largest absolute Gasteiger partial charge is 0.456 e. The normalized spacial score (nSPS) is 12.5. The molecule has 2 heteroatoms. The summed E-state index contributed by atoms with van der Waals surface area (Å²) in [6.07, 6.45) is 8.44. The van der Waals surface area contributed by atoms with E-state index < -0.39 is 0 Å². The number of furan rings is 1. The van der Waals surface area contributed by atoms with Crippen LogP contribution in [0.5, 0.6) is 0 Å². The average Bonchev–Trinajstić information content (AvgIpc) is 4.00. The van der Waals surface area contributed by atoms with Gasteiger partial charge in [0.05, 0.1) is 11.0 Å². The van der Waals surface area contributed by atoms with Crippen LogP contribution in [-0.4, -0.2) is 4.57 Å². The van der Waals surface area contributed by atoms with Crippen molar-refractivity contribution >= 4 is 51.0 Å². The maximum atomic E-state index is 6.15. The Labute approximate surface area is 407 Å². The van der Waals surface area contributed by atoms with Gasteiger partial charge in [0, 0.05) is 32.8 Å². The molecule has 336 valence electrons. The topological polar surface area (TPSA) is 18.1 Å². The summed E-state index contributed by atoms with van der Waals surface area (Å²) in [6, 6.07) is 75.4. The Morgan fingerprint density at radius 2 is 1.04 bits per heavy atom. The highest BCUT2D eigenvalue weighted by Gasteiger charge is 2.35. The zero-order valence-corrected chi connectivity index (χ0v) is 40.4. The van der Waals surface area contributed by atoms with Crippen LogP contribution in [0.1, 0.15) is 65.5 Å². The highest BCUT2D eigenvalue weighted by Crippen LogP contribution is 2.49. The number of hydrogen-bond acceptors (Lipinski definition) is 1. The fourth-order valence-corrected chi connectivity index (χ4v) is 10.1. The Morgan fingerprint density at radius 3 is 1.77 bits per heavy atom. The Kier molecular flexibility index (Phi) is 12.4. The highest BCUT2D eigenvalue weighted by molar-refractivity contribution is 6.10. The number of allylic oxidation sites excluding steroid dienone is 1. The first-order chi connectivity index (χ1) is 33.7. The molecule has 1 aliphatic carbocycles. The third-order valence-corrected chi connectivity index (χ3v) is 13.7. The number of aryl methyl sites for hydroxylation is 3. The maximum Gasteiger partial charge on any atom is 0.135 e. The van der Waals surface area contributed by atoms with E-state index in [0.717, 1.165) is 22.5 Å². The van der Waals surface area contributed by atoms with Crippen molar-refractivity contribution in [2.75, 3.05) is 0 Å². The van der Waals surface area contributed by atoms with Crippen molar-refractivity contribution in [3.63, 3.8) is 0 Å². The van der Waals surface area contributed by atoms with Crippen molar-refractivity contribution in [1.82, 2.24) is 4.57 Å². The van der Waals surface area contributed by atoms with E-state index in [4.69, 9.17) is 4.42 Å². The van der Waals surface area contributed by atoms with Gasteiger partial charge in [-0.2, -0.15) is 0 Å². The van der Waals surface area contributed by atoms with Crippen molar-refractivity contribution < 1.29 is 4.42 Å². The van der Waals surface area contributed by atoms with Crippen molar-refractivity contribution in [1.29, 1.82) is 0 Å². The van der Waals surface area contributed by atoms with E-state index in [2.05, 4.69) is 245 Å². The maximum absolute atomic E-state index is 6.15. The van der Waals surface area contributed by atoms with E-state index in [0.29, 0.717) is 0 Å². The zero-order valence-electron chi connectivity index (χ0n) is 40.4. The first-order valence-electron chi connectivity index (χ1n) is 24.0. The first kappa shape index (κ1) is 44.6. The molecule has 69 heavy (non-hydrogen) atoms. The van der Waals surface area contributed by atoms with Crippen molar-refractivity contribution in [3.05, 3.63) is 263 Å². The molecule has 0 unspecified atom stereocenters. The van der Waals surface area contributed by atoms with Crippen LogP contribution >= 0.6 is 0 Å². The molecule has 0 saturated carbocycles. The fourth-order valence-electron chi connectivity index (χ4n) is 10.1. The van der Waals surface area contributed by atoms with E-state index >= 15 is 0 Å². The molecule has 0 aliphatic heterocycles. The van der Waals surface area contributed by atoms with Crippen LogP contribution < -0.4 is 0 Å². The summed E-state index contributed by atoms with van der Waals surface area (Å²) in [5.41, 5.74) is 21.7. The van der Waals surface area contributed by atoms with Crippen molar-refractivity contribution in [3.8, 4) is 39.1 Å². The number of hydrogen-bond donors (Lipinski definition) is 0. The van der Waals surface area contributed by atoms with E-state index in [9.17, 15) is 0 Å². The first-order valence-corrected chi connectivity index (χ1v) is 24.0. The van der Waals surface area contributed by atoms with Gasteiger partial charge in [-0.15, -0.1) is 0 Å². The third kappa shape index (κ3) is 8.79. The van der Waals surface area contributed by atoms with Gasteiger partial charge in [-0.05, 0) is 137 Å². The predicted octanol–water partition coefficient (Wildman–Crippen LogP) is 18.7. The third-order valence-electron chi connectivity index (χ3n) is 13.7. The van der Waals surface area contributed by atoms with Crippen molar-refractivity contribution in [2.45, 2.75) is 47.0 Å². The van der Waals surface area contributed by atoms with Gasteiger partial charge in [0.2, 0.25) is 0 Å². The summed E-state index contributed by atoms with van der Waals surface area (Å²) < 4.78 is 8.49. The fraction of sp³-hybridized carbons (Fsp3) is 0.104. The van der Waals surface area contributed by atoms with Crippen LogP contribution in [0.4, 0.5) is 0 Å². The Balaban J connectivity index is 0.000000133. The molecule has 2 aromatic heterocycles. The summed E-state index contributed by atoms with van der Waals surface area (Å²) >= 11 is 0. The molecule has 2 heterocycles. The number of rotatable bonds is 6. The minimum atomic E-state index is 0.151. The summed E-state index contributed by atoms with van der Waals surface area (Å²) in [5, 5.41) is 3.69. The van der Waals surface area contributed by atoms with Gasteiger partial charge in [-0.3, -0.25) is 0 Å². The second-order valence-electron chi connectivity index (χ2n) is 18.6. The zero-order chi connectivity index (χ0) is 47.5. The number of fused-ring (bicyclic) bond motifs is 7. The molecule has 0 saturated heterocycles. The van der Waals surface area contributed by atoms with Crippen LogP contribution in [0.15, 0.2) is 223 Å². The van der Waals surface area contributed by atoms with E-state index in [1.807, 2.05) is 37.3 Å². The van der Waals surface area contributed by atoms with E-state index in [1.54, 1.807) is 0 Å². The molecule has 0 bridgehead atoms. The van der Waals surface area contributed by atoms with Crippen molar-refractivity contribution in [2.24, 2.45) is 0 Å². The molecular weight excluding hydrogens is 835 g/mol. The van der Waals surface area contributed by atoms with Gasteiger partial charge in [-0.25, -0.2) is 0 Å². The number of nitrogens with zero attached hydrogens (tertiary/aromatic N) is 1. The van der Waals surface area contributed by atoms with Crippen LogP contribution in [-0.2, 0) is 5.41 Å². The molecule has 12 rings (SSSR count). The molecule has 0 amide bonds. The average molecular weight is 892 g/mol. The number of para-hydroxylation sites is 2. The van der Waals surface area contributed by atoms with E-state index in [1.165, 1.54) is 94.1 Å². The number of aromatic nitrogens is 1. The molecule has 0 atom stereocenters. The molecular formula is C67H57NO. The second kappa shape index (κ2) is 19.2. The van der Waals surface area contributed by atoms with Crippen LogP contribution in [0, 0.1) is 20.8 Å². The SMILES string of the molecule is C/C=C\c1oc2cccc(C)c2c1C=Cc1ccc2c(c1)c1ccccc1n2-c1ccccc1.Cc1ccc(-c2ccc(-c3ccccc3)cc2)cc1.Cc1cccc2c1-c1ccccc1C2(C)C. The Hall–Kier alpha value is -8.20. The molecule has 0 N–H and O–H groups in total. The summed E-state index contributed by atoms with van der Waals surface area (Å²) in [4.78, 5) is 0. The minimum Gasteiger partial charge on any atom is -0.456 e. The number of benzene rings is 9. The molecule has 9 aromatic carbocycles. The van der Waals surface area contributed by atoms with Gasteiger partial charge < -0.3 is 8.98 Å². The molecule has 1 aliphatic rings. The molecule has 2 nitrogen and oxygen atoms in total. The summed E-state index contributed by atoms with van der Waals surface area (Å²) in [6.45, 7) is 13.1. The van der Waals surface area contributed by atoms with Gasteiger partial charge >= 0.3 is 0 Å². The van der Waals surface area contributed by atoms with Gasteiger partial charge in [0.15, 0.2) is 0 Å². The highest BCUT2D eigenvalue weighted by atomic mass is 16.3. The van der Waals surface area contributed by atoms with Crippen LogP contribution in [0.3, 0.4) is 0 Å². The smallest absolute Gasteiger partial charge is 0.135 e. The predicted molar refractivity (Wildman–Crippen MR) is 296 cm³/mol. The summed E-state index contributed by atoms with van der Waals surface area (Å²) in [5.74, 6) is 0.893. The molecule has 11 aromatic rings. The summed E-state index contributed by atoms with van der Waals surface area (Å²) in [7, 11) is 0. The lowest BCUT2D eigenvalue weighted by Gasteiger charge is -2.21. The molecule has 0 radical (unpaired) electrons. The van der Waals surface area contributed by atoms with Gasteiger partial charge in [-0.1, -0.05) is 207 Å². The molecule has 0 fully saturated rings. The lowest BCUT2D eigenvalue weighted by molar-refractivity contribution is 0.603. The lowest BCUT2D eigenvalue weighted by atomic mass is 9.82.